The summed E-state index contributed by atoms with van der Waals surface area (Å²) in [5.41, 5.74) is 0.417. The van der Waals surface area contributed by atoms with Crippen molar-refractivity contribution in [2.75, 3.05) is 19.6 Å². The van der Waals surface area contributed by atoms with Gasteiger partial charge in [0, 0.05) is 25.1 Å². The number of nitrogens with zero attached hydrogens (tertiary/aromatic N) is 1. The maximum absolute atomic E-state index is 13.5. The maximum Gasteiger partial charge on any atom is 0.164 e. The van der Waals surface area contributed by atoms with Gasteiger partial charge in [0.05, 0.1) is 5.60 Å². The van der Waals surface area contributed by atoms with Crippen molar-refractivity contribution in [1.82, 2.24) is 4.90 Å². The van der Waals surface area contributed by atoms with Crippen LogP contribution in [0.5, 0.6) is 0 Å². The maximum atomic E-state index is 13.5. The molecule has 0 saturated carbocycles. The molecule has 1 saturated heterocycles. The molecule has 4 heteroatoms. The van der Waals surface area contributed by atoms with Gasteiger partial charge in [-0.2, -0.15) is 0 Å². The van der Waals surface area contributed by atoms with Crippen molar-refractivity contribution < 1.29 is 14.3 Å². The molecule has 1 N–H and O–H groups in total. The van der Waals surface area contributed by atoms with Crippen molar-refractivity contribution in [2.24, 2.45) is 0 Å². The topological polar surface area (TPSA) is 40.5 Å². The quantitative estimate of drug-likeness (QED) is 0.868. The Balaban J connectivity index is 1.87. The van der Waals surface area contributed by atoms with E-state index in [2.05, 4.69) is 4.90 Å². The summed E-state index contributed by atoms with van der Waals surface area (Å²) < 4.78 is 13.5. The van der Waals surface area contributed by atoms with Crippen LogP contribution in [0.25, 0.3) is 0 Å². The first kappa shape index (κ1) is 16.1. The summed E-state index contributed by atoms with van der Waals surface area (Å²) in [5.74, 6) is -0.350. The van der Waals surface area contributed by atoms with Gasteiger partial charge in [-0.15, -0.1) is 0 Å². The highest BCUT2D eigenvalue weighted by molar-refractivity contribution is 5.96. The largest absolute Gasteiger partial charge is 0.390 e. The van der Waals surface area contributed by atoms with Gasteiger partial charge in [-0.05, 0) is 51.3 Å². The molecule has 1 atom stereocenters. The number of aryl methyl sites for hydroxylation is 1. The predicted octanol–water partition coefficient (Wildman–Crippen LogP) is 2.94. The van der Waals surface area contributed by atoms with Crippen LogP contribution in [-0.2, 0) is 0 Å². The highest BCUT2D eigenvalue weighted by Crippen LogP contribution is 2.21. The Labute approximate surface area is 125 Å². The average molecular weight is 293 g/mol. The summed E-state index contributed by atoms with van der Waals surface area (Å²) in [5, 5.41) is 10.0. The molecular weight excluding hydrogens is 269 g/mol. The van der Waals surface area contributed by atoms with Crippen molar-refractivity contribution in [3.8, 4) is 0 Å². The fourth-order valence-electron chi connectivity index (χ4n) is 2.71. The lowest BCUT2D eigenvalue weighted by molar-refractivity contribution is 0.0446. The molecule has 0 aromatic heterocycles. The predicted molar refractivity (Wildman–Crippen MR) is 81.0 cm³/mol. The zero-order valence-corrected chi connectivity index (χ0v) is 12.9. The van der Waals surface area contributed by atoms with Crippen LogP contribution in [0.15, 0.2) is 18.2 Å². The smallest absolute Gasteiger partial charge is 0.164 e. The zero-order chi connectivity index (χ0) is 15.5. The van der Waals surface area contributed by atoms with E-state index in [1.54, 1.807) is 19.1 Å². The molecule has 0 aliphatic carbocycles. The van der Waals surface area contributed by atoms with E-state index in [0.29, 0.717) is 24.1 Å². The summed E-state index contributed by atoms with van der Waals surface area (Å²) in [4.78, 5) is 14.3. The molecule has 1 aliphatic heterocycles. The van der Waals surface area contributed by atoms with E-state index in [-0.39, 0.29) is 11.6 Å². The van der Waals surface area contributed by atoms with E-state index in [0.717, 1.165) is 32.4 Å². The van der Waals surface area contributed by atoms with Crippen LogP contribution in [-0.4, -0.2) is 41.0 Å². The molecule has 1 heterocycles. The lowest BCUT2D eigenvalue weighted by Crippen LogP contribution is -2.30. The average Bonchev–Trinajstić information content (AvgIpc) is 2.60. The second kappa shape index (κ2) is 6.67. The van der Waals surface area contributed by atoms with Crippen molar-refractivity contribution in [3.05, 3.63) is 35.1 Å². The Morgan fingerprint density at radius 3 is 2.86 bits per heavy atom. The number of aliphatic hydroxyl groups is 1. The van der Waals surface area contributed by atoms with Gasteiger partial charge in [-0.3, -0.25) is 4.79 Å². The van der Waals surface area contributed by atoms with Gasteiger partial charge in [0.2, 0.25) is 0 Å². The van der Waals surface area contributed by atoms with E-state index >= 15 is 0 Å². The third kappa shape index (κ3) is 4.61. The fourth-order valence-corrected chi connectivity index (χ4v) is 2.71. The summed E-state index contributed by atoms with van der Waals surface area (Å²) >= 11 is 0. The Bertz CT molecular complexity index is 514. The molecule has 1 aliphatic rings. The number of rotatable bonds is 4. The van der Waals surface area contributed by atoms with Crippen LogP contribution in [0.3, 0.4) is 0 Å². The Kier molecular flexibility index (Phi) is 5.12. The number of ketones is 1. The Hall–Kier alpha value is -1.26. The highest BCUT2D eigenvalue weighted by atomic mass is 19.1. The standard InChI is InChI=1S/C17H24FNO2/c1-13-4-5-14(12-15(13)18)16(20)6-10-19-9-3-7-17(2,21)8-11-19/h4-5,12,21H,3,6-11H2,1-2H3. The minimum absolute atomic E-state index is 0.0232. The summed E-state index contributed by atoms with van der Waals surface area (Å²) in [6, 6.07) is 4.66. The summed E-state index contributed by atoms with van der Waals surface area (Å²) in [6.45, 7) is 5.95. The summed E-state index contributed by atoms with van der Waals surface area (Å²) in [6.07, 6.45) is 2.88. The Morgan fingerprint density at radius 1 is 1.38 bits per heavy atom. The number of hydrogen-bond donors (Lipinski definition) is 1. The van der Waals surface area contributed by atoms with E-state index in [4.69, 9.17) is 0 Å². The van der Waals surface area contributed by atoms with Gasteiger partial charge in [0.25, 0.3) is 0 Å². The van der Waals surface area contributed by atoms with Crippen molar-refractivity contribution in [1.29, 1.82) is 0 Å². The van der Waals surface area contributed by atoms with Gasteiger partial charge in [-0.1, -0.05) is 12.1 Å². The number of carbonyl (C=O) groups excluding carboxylic acids is 1. The third-order valence-electron chi connectivity index (χ3n) is 4.31. The molecule has 0 spiro atoms. The molecule has 3 nitrogen and oxygen atoms in total. The van der Waals surface area contributed by atoms with E-state index in [9.17, 15) is 14.3 Å². The number of benzene rings is 1. The highest BCUT2D eigenvalue weighted by Gasteiger charge is 2.25. The van der Waals surface area contributed by atoms with E-state index < -0.39 is 5.60 Å². The first-order chi connectivity index (χ1) is 9.87. The number of hydrogen-bond acceptors (Lipinski definition) is 3. The van der Waals surface area contributed by atoms with Crippen LogP contribution in [0, 0.1) is 12.7 Å². The molecular formula is C17H24FNO2. The van der Waals surface area contributed by atoms with Gasteiger partial charge in [-0.25, -0.2) is 4.39 Å². The molecule has 1 unspecified atom stereocenters. The second-order valence-electron chi connectivity index (χ2n) is 6.33. The van der Waals surface area contributed by atoms with Crippen molar-refractivity contribution in [2.45, 2.75) is 45.1 Å². The van der Waals surface area contributed by atoms with Crippen LogP contribution < -0.4 is 0 Å². The molecule has 0 bridgehead atoms. The molecule has 116 valence electrons. The van der Waals surface area contributed by atoms with E-state index in [1.807, 2.05) is 6.92 Å². The molecule has 1 fully saturated rings. The molecule has 21 heavy (non-hydrogen) atoms. The SMILES string of the molecule is Cc1ccc(C(=O)CCN2CCCC(C)(O)CC2)cc1F. The molecule has 0 amide bonds. The number of carbonyl (C=O) groups is 1. The number of likely N-dealkylation sites (tertiary alicyclic amines) is 1. The van der Waals surface area contributed by atoms with Gasteiger partial charge in [0.1, 0.15) is 5.82 Å². The molecule has 1 aromatic rings. The lowest BCUT2D eigenvalue weighted by atomic mass is 9.98. The van der Waals surface area contributed by atoms with Crippen molar-refractivity contribution in [3.63, 3.8) is 0 Å². The van der Waals surface area contributed by atoms with Crippen LogP contribution in [0.4, 0.5) is 4.39 Å². The second-order valence-corrected chi connectivity index (χ2v) is 6.33. The fraction of sp³-hybridized carbons (Fsp3) is 0.588. The van der Waals surface area contributed by atoms with Crippen LogP contribution in [0.2, 0.25) is 0 Å². The van der Waals surface area contributed by atoms with Crippen molar-refractivity contribution >= 4 is 5.78 Å². The number of Topliss-reactive ketones (excluding diaryl/α,β-unsaturated/α-hetero) is 1. The van der Waals surface area contributed by atoms with Gasteiger partial charge >= 0.3 is 0 Å². The third-order valence-corrected chi connectivity index (χ3v) is 4.31. The first-order valence-electron chi connectivity index (χ1n) is 7.61. The minimum atomic E-state index is -0.584. The molecule has 1 aromatic carbocycles. The molecule has 0 radical (unpaired) electrons. The van der Waals surface area contributed by atoms with Gasteiger partial charge in [0.15, 0.2) is 5.78 Å². The normalized spacial score (nSPS) is 23.8. The van der Waals surface area contributed by atoms with Gasteiger partial charge < -0.3 is 10.0 Å². The van der Waals surface area contributed by atoms with Crippen LogP contribution >= 0.6 is 0 Å². The first-order valence-corrected chi connectivity index (χ1v) is 7.61. The van der Waals surface area contributed by atoms with E-state index in [1.165, 1.54) is 6.07 Å². The molecule has 2 rings (SSSR count). The van der Waals surface area contributed by atoms with Crippen LogP contribution in [0.1, 0.15) is 48.5 Å². The lowest BCUT2D eigenvalue weighted by Gasteiger charge is -2.22. The number of halogens is 1. The Morgan fingerprint density at radius 2 is 2.14 bits per heavy atom. The summed E-state index contributed by atoms with van der Waals surface area (Å²) in [7, 11) is 0. The minimum Gasteiger partial charge on any atom is -0.390 e. The monoisotopic (exact) mass is 293 g/mol. The zero-order valence-electron chi connectivity index (χ0n) is 12.9.